The number of hydrogen-bond acceptors (Lipinski definition) is 6. The first kappa shape index (κ1) is 19.3. The van der Waals surface area contributed by atoms with Crippen LogP contribution in [0.1, 0.15) is 12.8 Å². The van der Waals surface area contributed by atoms with Crippen molar-refractivity contribution >= 4 is 31.6 Å². The van der Waals surface area contributed by atoms with Gasteiger partial charge in [-0.05, 0) is 37.1 Å². The van der Waals surface area contributed by atoms with E-state index in [2.05, 4.69) is 4.98 Å². The quantitative estimate of drug-likeness (QED) is 0.650. The molecule has 0 N–H and O–H groups in total. The zero-order valence-electron chi connectivity index (χ0n) is 14.1. The summed E-state index contributed by atoms with van der Waals surface area (Å²) >= 11 is 1.29. The van der Waals surface area contributed by atoms with Gasteiger partial charge >= 0.3 is 0 Å². The lowest BCUT2D eigenvalue weighted by atomic mass is 10.4. The smallest absolute Gasteiger partial charge is 0.244 e. The fourth-order valence-electron chi connectivity index (χ4n) is 2.68. The van der Waals surface area contributed by atoms with E-state index in [4.69, 9.17) is 0 Å². The van der Waals surface area contributed by atoms with Crippen LogP contribution < -0.4 is 0 Å². The Morgan fingerprint density at radius 3 is 2.23 bits per heavy atom. The third kappa shape index (κ3) is 4.46. The molecule has 1 aromatic heterocycles. The Hall–Kier alpha value is -1.42. The molecule has 2 aromatic rings. The van der Waals surface area contributed by atoms with Crippen LogP contribution in [-0.2, 0) is 19.9 Å². The number of nitrogens with zero attached hydrogens (tertiary/aromatic N) is 2. The lowest BCUT2D eigenvalue weighted by molar-refractivity contribution is 0.477. The van der Waals surface area contributed by atoms with Gasteiger partial charge in [0.1, 0.15) is 4.90 Å². The first-order valence-electron chi connectivity index (χ1n) is 8.26. The molecule has 26 heavy (non-hydrogen) atoms. The van der Waals surface area contributed by atoms with Gasteiger partial charge in [0.2, 0.25) is 10.0 Å². The maximum Gasteiger partial charge on any atom is 0.244 e. The molecular weight excluding hydrogens is 392 g/mol. The van der Waals surface area contributed by atoms with E-state index >= 15 is 0 Å². The zero-order chi connectivity index (χ0) is 18.6. The van der Waals surface area contributed by atoms with Crippen LogP contribution in [-0.4, -0.2) is 50.7 Å². The van der Waals surface area contributed by atoms with E-state index in [1.54, 1.807) is 36.4 Å². The van der Waals surface area contributed by atoms with E-state index in [-0.39, 0.29) is 10.6 Å². The molecule has 1 aliphatic rings. The van der Waals surface area contributed by atoms with Gasteiger partial charge in [-0.3, -0.25) is 0 Å². The minimum Gasteiger partial charge on any atom is -0.249 e. The molecule has 0 atom stereocenters. The maximum absolute atomic E-state index is 12.4. The Morgan fingerprint density at radius 1 is 0.923 bits per heavy atom. The highest BCUT2D eigenvalue weighted by molar-refractivity contribution is 8.00. The number of thioether (sulfide) groups is 1. The second-order valence-electron chi connectivity index (χ2n) is 5.92. The van der Waals surface area contributed by atoms with Crippen molar-refractivity contribution in [2.24, 2.45) is 0 Å². The van der Waals surface area contributed by atoms with Crippen LogP contribution in [0, 0.1) is 0 Å². The van der Waals surface area contributed by atoms with Crippen LogP contribution in [0.2, 0.25) is 0 Å². The Kier molecular flexibility index (Phi) is 6.01. The van der Waals surface area contributed by atoms with Crippen molar-refractivity contribution in [1.82, 2.24) is 9.29 Å². The molecule has 2 heterocycles. The topological polar surface area (TPSA) is 84.4 Å². The standard InChI is InChI=1S/C17H20N2O4S3/c20-25(21,15-6-2-1-3-7-15)13-12-24-17-9-8-16(14-18-17)26(22,23)19-10-4-5-11-19/h1-3,6-9,14H,4-5,10-13H2. The van der Waals surface area contributed by atoms with E-state index in [0.717, 1.165) is 12.8 Å². The summed E-state index contributed by atoms with van der Waals surface area (Å²) in [5.74, 6) is 0.347. The predicted molar refractivity (Wildman–Crippen MR) is 101 cm³/mol. The van der Waals surface area contributed by atoms with Crippen LogP contribution >= 0.6 is 11.8 Å². The van der Waals surface area contributed by atoms with Crippen molar-refractivity contribution in [1.29, 1.82) is 0 Å². The zero-order valence-corrected chi connectivity index (χ0v) is 16.6. The summed E-state index contributed by atoms with van der Waals surface area (Å²) in [4.78, 5) is 4.66. The number of sulfonamides is 1. The van der Waals surface area contributed by atoms with Gasteiger partial charge in [0.25, 0.3) is 0 Å². The maximum atomic E-state index is 12.4. The fourth-order valence-corrected chi connectivity index (χ4v) is 6.67. The first-order chi connectivity index (χ1) is 12.4. The molecule has 0 saturated carbocycles. The van der Waals surface area contributed by atoms with Crippen molar-refractivity contribution in [3.05, 3.63) is 48.7 Å². The van der Waals surface area contributed by atoms with Crippen molar-refractivity contribution in [3.8, 4) is 0 Å². The number of pyridine rings is 1. The van der Waals surface area contributed by atoms with Gasteiger partial charge in [-0.1, -0.05) is 18.2 Å². The molecule has 1 saturated heterocycles. The van der Waals surface area contributed by atoms with Crippen molar-refractivity contribution in [2.75, 3.05) is 24.6 Å². The molecule has 1 fully saturated rings. The van der Waals surface area contributed by atoms with Gasteiger partial charge in [-0.15, -0.1) is 11.8 Å². The van der Waals surface area contributed by atoms with Crippen molar-refractivity contribution < 1.29 is 16.8 Å². The molecule has 1 aliphatic heterocycles. The average molecular weight is 413 g/mol. The number of sulfone groups is 1. The highest BCUT2D eigenvalue weighted by Crippen LogP contribution is 2.23. The number of hydrogen-bond donors (Lipinski definition) is 0. The SMILES string of the molecule is O=S(=O)(CCSc1ccc(S(=O)(=O)N2CCCC2)cn1)c1ccccc1. The third-order valence-corrected chi connectivity index (χ3v) is 8.93. The molecule has 6 nitrogen and oxygen atoms in total. The lowest BCUT2D eigenvalue weighted by Gasteiger charge is -2.15. The van der Waals surface area contributed by atoms with E-state index in [9.17, 15) is 16.8 Å². The van der Waals surface area contributed by atoms with Gasteiger partial charge in [-0.2, -0.15) is 4.31 Å². The highest BCUT2D eigenvalue weighted by Gasteiger charge is 2.27. The Morgan fingerprint density at radius 2 is 1.62 bits per heavy atom. The monoisotopic (exact) mass is 412 g/mol. The van der Waals surface area contributed by atoms with Crippen LogP contribution in [0.3, 0.4) is 0 Å². The molecule has 0 spiro atoms. The molecule has 0 aliphatic carbocycles. The lowest BCUT2D eigenvalue weighted by Crippen LogP contribution is -2.27. The molecule has 0 bridgehead atoms. The molecule has 0 radical (unpaired) electrons. The van der Waals surface area contributed by atoms with Gasteiger partial charge in [0, 0.05) is 25.0 Å². The van der Waals surface area contributed by atoms with Crippen molar-refractivity contribution in [2.45, 2.75) is 27.7 Å². The predicted octanol–water partition coefficient (Wildman–Crippen LogP) is 2.43. The summed E-state index contributed by atoms with van der Waals surface area (Å²) in [6.45, 7) is 1.10. The Bertz CT molecular complexity index is 937. The van der Waals surface area contributed by atoms with Gasteiger partial charge in [0.15, 0.2) is 9.84 Å². The van der Waals surface area contributed by atoms with E-state index in [1.807, 2.05) is 0 Å². The molecule has 140 valence electrons. The Balaban J connectivity index is 1.60. The van der Waals surface area contributed by atoms with Crippen LogP contribution in [0.15, 0.2) is 63.5 Å². The second-order valence-corrected chi connectivity index (χ2v) is 11.1. The minimum atomic E-state index is -3.47. The summed E-state index contributed by atoms with van der Waals surface area (Å²) in [5, 5.41) is 0.605. The van der Waals surface area contributed by atoms with Crippen LogP contribution in [0.25, 0.3) is 0 Å². The van der Waals surface area contributed by atoms with Gasteiger partial charge in [0.05, 0.1) is 15.7 Å². The summed E-state index contributed by atoms with van der Waals surface area (Å²) in [5.41, 5.74) is 0. The Labute approximate surface area is 158 Å². The largest absolute Gasteiger partial charge is 0.249 e. The van der Waals surface area contributed by atoms with Gasteiger partial charge in [-0.25, -0.2) is 21.8 Å². The summed E-state index contributed by atoms with van der Waals surface area (Å²) in [6.07, 6.45) is 3.12. The molecule has 1 aromatic carbocycles. The number of benzene rings is 1. The second kappa shape index (κ2) is 8.08. The average Bonchev–Trinajstić information content (AvgIpc) is 3.18. The van der Waals surface area contributed by atoms with Crippen molar-refractivity contribution in [3.63, 3.8) is 0 Å². The molecular formula is C17H20N2O4S3. The first-order valence-corrected chi connectivity index (χ1v) is 12.3. The van der Waals surface area contributed by atoms with E-state index in [1.165, 1.54) is 28.3 Å². The third-order valence-electron chi connectivity index (χ3n) is 4.12. The number of aromatic nitrogens is 1. The minimum absolute atomic E-state index is 0.00279. The normalized spacial score (nSPS) is 16.0. The number of rotatable bonds is 7. The van der Waals surface area contributed by atoms with E-state index in [0.29, 0.717) is 28.8 Å². The fraction of sp³-hybridized carbons (Fsp3) is 0.353. The summed E-state index contributed by atoms with van der Waals surface area (Å²) < 4.78 is 50.8. The summed E-state index contributed by atoms with van der Waals surface area (Å²) in [6, 6.07) is 11.5. The molecule has 3 rings (SSSR count). The molecule has 0 unspecified atom stereocenters. The highest BCUT2D eigenvalue weighted by atomic mass is 32.2. The van der Waals surface area contributed by atoms with Gasteiger partial charge < -0.3 is 0 Å². The van der Waals surface area contributed by atoms with E-state index < -0.39 is 19.9 Å². The molecule has 0 amide bonds. The molecule has 9 heteroatoms. The van der Waals surface area contributed by atoms with Crippen LogP contribution in [0.5, 0.6) is 0 Å². The van der Waals surface area contributed by atoms with Crippen LogP contribution in [0.4, 0.5) is 0 Å². The summed E-state index contributed by atoms with van der Waals surface area (Å²) in [7, 11) is -6.79.